The lowest BCUT2D eigenvalue weighted by Crippen LogP contribution is -2.31. The number of hydrogen-bond acceptors (Lipinski definition) is 2. The Morgan fingerprint density at radius 1 is 1.27 bits per heavy atom. The molecule has 0 amide bonds. The zero-order valence-electron chi connectivity index (χ0n) is 6.74. The number of rotatable bonds is 3. The van der Waals surface area contributed by atoms with Crippen molar-refractivity contribution in [3.63, 3.8) is 0 Å². The quantitative estimate of drug-likeness (QED) is 0.347. The van der Waals surface area contributed by atoms with Gasteiger partial charge in [-0.1, -0.05) is 11.5 Å². The van der Waals surface area contributed by atoms with Crippen LogP contribution in [0, 0.1) is 0 Å². The van der Waals surface area contributed by atoms with Crippen molar-refractivity contribution in [2.24, 2.45) is 5.11 Å². The first kappa shape index (κ1) is 8.37. The molecular weight excluding hydrogens is 140 g/mol. The lowest BCUT2D eigenvalue weighted by atomic mass is 10.1. The molecule has 0 radical (unpaired) electrons. The van der Waals surface area contributed by atoms with Gasteiger partial charge in [0, 0.05) is 18.0 Å². The number of hydrogen-bond donors (Lipinski definition) is 0. The summed E-state index contributed by atoms with van der Waals surface area (Å²) in [6, 6.07) is 0. The smallest absolute Gasteiger partial charge is 0.0385 e. The van der Waals surface area contributed by atoms with Gasteiger partial charge in [-0.15, -0.1) is 0 Å². The van der Waals surface area contributed by atoms with Crippen LogP contribution in [-0.4, -0.2) is 31.1 Å². The molecule has 1 fully saturated rings. The molecule has 0 aromatic carbocycles. The lowest BCUT2D eigenvalue weighted by Gasteiger charge is -2.25. The Morgan fingerprint density at radius 2 is 2.00 bits per heavy atom. The van der Waals surface area contributed by atoms with Crippen molar-refractivity contribution in [1.29, 1.82) is 0 Å². The normalized spacial score (nSPS) is 19.3. The Labute approximate surface area is 66.8 Å². The molecule has 0 aromatic rings. The highest BCUT2D eigenvalue weighted by Crippen LogP contribution is 2.07. The first-order valence-corrected chi connectivity index (χ1v) is 4.16. The van der Waals surface area contributed by atoms with E-state index in [9.17, 15) is 0 Å². The van der Waals surface area contributed by atoms with Crippen molar-refractivity contribution in [3.8, 4) is 0 Å². The molecule has 1 saturated heterocycles. The highest BCUT2D eigenvalue weighted by molar-refractivity contribution is 4.65. The van der Waals surface area contributed by atoms with Gasteiger partial charge in [0.1, 0.15) is 0 Å². The monoisotopic (exact) mass is 154 g/mol. The second-order valence-corrected chi connectivity index (χ2v) is 2.86. The fraction of sp³-hybridized carbons (Fsp3) is 1.00. The van der Waals surface area contributed by atoms with Gasteiger partial charge in [-0.05, 0) is 31.5 Å². The van der Waals surface area contributed by atoms with Gasteiger partial charge in [0.2, 0.25) is 0 Å². The Hall–Kier alpha value is -0.730. The average molecular weight is 154 g/mol. The first-order chi connectivity index (χ1) is 5.43. The van der Waals surface area contributed by atoms with E-state index in [1.54, 1.807) is 0 Å². The standard InChI is InChI=1S/C7H14N4/c8-10-9-4-7-11-5-2-1-3-6-11/h1-7H2. The number of likely N-dealkylation sites (tertiary alicyclic amines) is 1. The molecule has 11 heavy (non-hydrogen) atoms. The second-order valence-electron chi connectivity index (χ2n) is 2.86. The van der Waals surface area contributed by atoms with E-state index in [1.165, 1.54) is 32.4 Å². The van der Waals surface area contributed by atoms with Crippen LogP contribution in [0.4, 0.5) is 0 Å². The molecule has 0 unspecified atom stereocenters. The zero-order valence-corrected chi connectivity index (χ0v) is 6.74. The molecule has 1 heterocycles. The molecule has 0 saturated carbocycles. The SMILES string of the molecule is [N-]=[N+]=NCCN1CCCCC1. The van der Waals surface area contributed by atoms with E-state index in [2.05, 4.69) is 14.9 Å². The molecule has 0 bridgehead atoms. The van der Waals surface area contributed by atoms with Gasteiger partial charge in [-0.3, -0.25) is 0 Å². The number of piperidine rings is 1. The fourth-order valence-corrected chi connectivity index (χ4v) is 1.41. The van der Waals surface area contributed by atoms with Crippen molar-refractivity contribution in [3.05, 3.63) is 10.4 Å². The summed E-state index contributed by atoms with van der Waals surface area (Å²) >= 11 is 0. The summed E-state index contributed by atoms with van der Waals surface area (Å²) in [6.07, 6.45) is 3.96. The summed E-state index contributed by atoms with van der Waals surface area (Å²) in [6.45, 7) is 3.92. The summed E-state index contributed by atoms with van der Waals surface area (Å²) in [5.74, 6) is 0. The topological polar surface area (TPSA) is 52.0 Å². The minimum absolute atomic E-state index is 0.622. The largest absolute Gasteiger partial charge is 0.303 e. The Kier molecular flexibility index (Phi) is 3.80. The second kappa shape index (κ2) is 4.99. The van der Waals surface area contributed by atoms with Crippen molar-refractivity contribution in [1.82, 2.24) is 4.90 Å². The van der Waals surface area contributed by atoms with Crippen LogP contribution in [0.5, 0.6) is 0 Å². The van der Waals surface area contributed by atoms with Crippen molar-refractivity contribution in [2.45, 2.75) is 19.3 Å². The molecule has 1 aliphatic heterocycles. The summed E-state index contributed by atoms with van der Waals surface area (Å²) in [7, 11) is 0. The molecule has 1 rings (SSSR count). The van der Waals surface area contributed by atoms with Crippen LogP contribution in [0.1, 0.15) is 19.3 Å². The van der Waals surface area contributed by atoms with Gasteiger partial charge in [0.25, 0.3) is 0 Å². The molecular formula is C7H14N4. The lowest BCUT2D eigenvalue weighted by molar-refractivity contribution is 0.235. The molecule has 0 N–H and O–H groups in total. The minimum atomic E-state index is 0.622. The van der Waals surface area contributed by atoms with Crippen LogP contribution in [-0.2, 0) is 0 Å². The third kappa shape index (κ3) is 3.25. The number of nitrogens with zero attached hydrogens (tertiary/aromatic N) is 4. The Balaban J connectivity index is 2.09. The van der Waals surface area contributed by atoms with E-state index in [4.69, 9.17) is 5.53 Å². The summed E-state index contributed by atoms with van der Waals surface area (Å²) < 4.78 is 0. The summed E-state index contributed by atoms with van der Waals surface area (Å²) in [4.78, 5) is 5.08. The molecule has 62 valence electrons. The maximum absolute atomic E-state index is 8.04. The van der Waals surface area contributed by atoms with Gasteiger partial charge >= 0.3 is 0 Å². The maximum atomic E-state index is 8.04. The summed E-state index contributed by atoms with van der Waals surface area (Å²) in [5.41, 5.74) is 8.04. The third-order valence-electron chi connectivity index (χ3n) is 2.03. The van der Waals surface area contributed by atoms with Crippen molar-refractivity contribution in [2.75, 3.05) is 26.2 Å². The van der Waals surface area contributed by atoms with Crippen LogP contribution in [0.15, 0.2) is 5.11 Å². The molecule has 4 heteroatoms. The van der Waals surface area contributed by atoms with Crippen LogP contribution < -0.4 is 0 Å². The third-order valence-corrected chi connectivity index (χ3v) is 2.03. The predicted octanol–water partition coefficient (Wildman–Crippen LogP) is 1.78. The molecule has 4 nitrogen and oxygen atoms in total. The van der Waals surface area contributed by atoms with Gasteiger partial charge in [0.15, 0.2) is 0 Å². The van der Waals surface area contributed by atoms with Gasteiger partial charge in [-0.2, -0.15) is 0 Å². The van der Waals surface area contributed by atoms with Crippen LogP contribution in [0.25, 0.3) is 10.4 Å². The Morgan fingerprint density at radius 3 is 2.64 bits per heavy atom. The molecule has 0 spiro atoms. The molecule has 0 aromatic heterocycles. The van der Waals surface area contributed by atoms with E-state index in [0.717, 1.165) is 6.54 Å². The number of azide groups is 1. The van der Waals surface area contributed by atoms with Gasteiger partial charge < -0.3 is 4.90 Å². The van der Waals surface area contributed by atoms with Crippen LogP contribution in [0.3, 0.4) is 0 Å². The highest BCUT2D eigenvalue weighted by atomic mass is 15.2. The predicted molar refractivity (Wildman–Crippen MR) is 44.3 cm³/mol. The van der Waals surface area contributed by atoms with E-state index >= 15 is 0 Å². The van der Waals surface area contributed by atoms with E-state index in [0.29, 0.717) is 6.54 Å². The Bertz CT molecular complexity index is 145. The summed E-state index contributed by atoms with van der Waals surface area (Å²) in [5, 5.41) is 3.50. The zero-order chi connectivity index (χ0) is 7.94. The maximum Gasteiger partial charge on any atom is 0.0385 e. The van der Waals surface area contributed by atoms with Crippen LogP contribution in [0.2, 0.25) is 0 Å². The fourth-order valence-electron chi connectivity index (χ4n) is 1.41. The highest BCUT2D eigenvalue weighted by Gasteiger charge is 2.07. The van der Waals surface area contributed by atoms with Crippen LogP contribution >= 0.6 is 0 Å². The van der Waals surface area contributed by atoms with E-state index in [1.807, 2.05) is 0 Å². The van der Waals surface area contributed by atoms with E-state index in [-0.39, 0.29) is 0 Å². The van der Waals surface area contributed by atoms with Crippen molar-refractivity contribution >= 4 is 0 Å². The molecule has 1 aliphatic rings. The molecule has 0 atom stereocenters. The van der Waals surface area contributed by atoms with Gasteiger partial charge in [-0.25, -0.2) is 0 Å². The molecule has 0 aliphatic carbocycles. The van der Waals surface area contributed by atoms with Gasteiger partial charge in [0.05, 0.1) is 0 Å². The average Bonchev–Trinajstić information content (AvgIpc) is 2.07. The van der Waals surface area contributed by atoms with Crippen molar-refractivity contribution < 1.29 is 0 Å². The van der Waals surface area contributed by atoms with E-state index < -0.39 is 0 Å². The first-order valence-electron chi connectivity index (χ1n) is 4.16. The minimum Gasteiger partial charge on any atom is -0.303 e.